The third kappa shape index (κ3) is 5.00. The van der Waals surface area contributed by atoms with Crippen molar-refractivity contribution >= 4 is 11.8 Å². The second kappa shape index (κ2) is 8.55. The molecule has 2 unspecified atom stereocenters. The number of nitrogens with one attached hydrogen (secondary N) is 1. The second-order valence-corrected chi connectivity index (χ2v) is 6.36. The standard InChI is InChI=1S/C16H27NO2S/c1-11(2)8-14(10-18)17-12(3)13-6-7-16(20-5)15(9-13)19-4/h6-7,9,11-12,14,17-18H,8,10H2,1-5H3. The molecule has 3 nitrogen and oxygen atoms in total. The highest BCUT2D eigenvalue weighted by molar-refractivity contribution is 7.98. The van der Waals surface area contributed by atoms with E-state index in [1.807, 2.05) is 6.26 Å². The second-order valence-electron chi connectivity index (χ2n) is 5.51. The molecule has 0 aromatic heterocycles. The minimum Gasteiger partial charge on any atom is -0.496 e. The summed E-state index contributed by atoms with van der Waals surface area (Å²) in [5.74, 6) is 1.48. The average molecular weight is 297 g/mol. The van der Waals surface area contributed by atoms with Gasteiger partial charge in [-0.3, -0.25) is 0 Å². The van der Waals surface area contributed by atoms with Crippen LogP contribution in [-0.2, 0) is 0 Å². The minimum absolute atomic E-state index is 0.135. The van der Waals surface area contributed by atoms with Crippen molar-refractivity contribution in [3.8, 4) is 5.75 Å². The first-order chi connectivity index (χ1) is 9.51. The largest absolute Gasteiger partial charge is 0.496 e. The molecular weight excluding hydrogens is 270 g/mol. The number of rotatable bonds is 8. The number of benzene rings is 1. The predicted molar refractivity (Wildman–Crippen MR) is 86.7 cm³/mol. The van der Waals surface area contributed by atoms with Crippen molar-refractivity contribution in [2.75, 3.05) is 20.0 Å². The predicted octanol–water partition coefficient (Wildman–Crippen LogP) is 3.47. The molecule has 1 aromatic rings. The van der Waals surface area contributed by atoms with Crippen LogP contribution in [0.3, 0.4) is 0 Å². The van der Waals surface area contributed by atoms with Crippen molar-refractivity contribution in [3.63, 3.8) is 0 Å². The Morgan fingerprint density at radius 2 is 2.00 bits per heavy atom. The average Bonchev–Trinajstić information content (AvgIpc) is 2.45. The zero-order valence-corrected chi connectivity index (χ0v) is 14.0. The van der Waals surface area contributed by atoms with Gasteiger partial charge >= 0.3 is 0 Å². The van der Waals surface area contributed by atoms with Crippen LogP contribution in [-0.4, -0.2) is 31.1 Å². The Bertz CT molecular complexity index is 409. The van der Waals surface area contributed by atoms with Gasteiger partial charge in [0.05, 0.1) is 13.7 Å². The summed E-state index contributed by atoms with van der Waals surface area (Å²) >= 11 is 1.68. The molecule has 0 radical (unpaired) electrons. The molecule has 4 heteroatoms. The van der Waals surface area contributed by atoms with E-state index in [1.54, 1.807) is 18.9 Å². The zero-order valence-electron chi connectivity index (χ0n) is 13.1. The first-order valence-electron chi connectivity index (χ1n) is 7.10. The summed E-state index contributed by atoms with van der Waals surface area (Å²) < 4.78 is 5.42. The van der Waals surface area contributed by atoms with Crippen LogP contribution in [0.25, 0.3) is 0 Å². The van der Waals surface area contributed by atoms with E-state index in [2.05, 4.69) is 44.3 Å². The Morgan fingerprint density at radius 1 is 1.30 bits per heavy atom. The van der Waals surface area contributed by atoms with Crippen LogP contribution in [0.4, 0.5) is 0 Å². The lowest BCUT2D eigenvalue weighted by Crippen LogP contribution is -2.35. The number of methoxy groups -OCH3 is 1. The van der Waals surface area contributed by atoms with Gasteiger partial charge in [0.2, 0.25) is 0 Å². The first kappa shape index (κ1) is 17.3. The van der Waals surface area contributed by atoms with Crippen molar-refractivity contribution < 1.29 is 9.84 Å². The number of hydrogen-bond acceptors (Lipinski definition) is 4. The number of aliphatic hydroxyl groups is 1. The SMILES string of the molecule is COc1cc(C(C)NC(CO)CC(C)C)ccc1SC. The summed E-state index contributed by atoms with van der Waals surface area (Å²) in [6, 6.07) is 6.61. The van der Waals surface area contributed by atoms with Crippen LogP contribution < -0.4 is 10.1 Å². The fraction of sp³-hybridized carbons (Fsp3) is 0.625. The van der Waals surface area contributed by atoms with Gasteiger partial charge in [0.15, 0.2) is 0 Å². The number of ether oxygens (including phenoxy) is 1. The lowest BCUT2D eigenvalue weighted by atomic mass is 10.0. The maximum atomic E-state index is 9.46. The van der Waals surface area contributed by atoms with Crippen LogP contribution in [0.2, 0.25) is 0 Å². The van der Waals surface area contributed by atoms with Crippen molar-refractivity contribution in [2.45, 2.75) is 44.2 Å². The van der Waals surface area contributed by atoms with Crippen molar-refractivity contribution in [1.29, 1.82) is 0 Å². The number of thioether (sulfide) groups is 1. The van der Waals surface area contributed by atoms with Gasteiger partial charge in [0, 0.05) is 17.0 Å². The monoisotopic (exact) mass is 297 g/mol. The summed E-state index contributed by atoms with van der Waals surface area (Å²) in [5, 5.41) is 13.0. The van der Waals surface area contributed by atoms with Crippen LogP contribution in [0.1, 0.15) is 38.8 Å². The van der Waals surface area contributed by atoms with Crippen LogP contribution in [0.5, 0.6) is 5.75 Å². The molecular formula is C16H27NO2S. The highest BCUT2D eigenvalue weighted by Crippen LogP contribution is 2.30. The molecule has 0 saturated carbocycles. The number of aliphatic hydroxyl groups excluding tert-OH is 1. The van der Waals surface area contributed by atoms with Gasteiger partial charge in [-0.05, 0) is 43.2 Å². The molecule has 20 heavy (non-hydrogen) atoms. The third-order valence-corrected chi connectivity index (χ3v) is 4.15. The molecule has 2 N–H and O–H groups in total. The Labute approximate surface area is 127 Å². The van der Waals surface area contributed by atoms with E-state index in [0.29, 0.717) is 5.92 Å². The van der Waals surface area contributed by atoms with Gasteiger partial charge in [-0.15, -0.1) is 11.8 Å². The minimum atomic E-state index is 0.135. The van der Waals surface area contributed by atoms with E-state index in [-0.39, 0.29) is 18.7 Å². The van der Waals surface area contributed by atoms with Crippen LogP contribution >= 0.6 is 11.8 Å². The maximum Gasteiger partial charge on any atom is 0.132 e. The zero-order chi connectivity index (χ0) is 15.1. The molecule has 114 valence electrons. The lowest BCUT2D eigenvalue weighted by molar-refractivity contribution is 0.215. The highest BCUT2D eigenvalue weighted by atomic mass is 32.2. The molecule has 0 aliphatic carbocycles. The normalized spacial score (nSPS) is 14.3. The van der Waals surface area contributed by atoms with Gasteiger partial charge in [-0.25, -0.2) is 0 Å². The van der Waals surface area contributed by atoms with E-state index < -0.39 is 0 Å². The van der Waals surface area contributed by atoms with E-state index in [4.69, 9.17) is 4.74 Å². The molecule has 1 aromatic carbocycles. The molecule has 0 spiro atoms. The molecule has 0 heterocycles. The molecule has 0 aliphatic rings. The van der Waals surface area contributed by atoms with Crippen molar-refractivity contribution in [1.82, 2.24) is 5.32 Å². The fourth-order valence-electron chi connectivity index (χ4n) is 2.34. The summed E-state index contributed by atoms with van der Waals surface area (Å²) in [7, 11) is 1.70. The smallest absolute Gasteiger partial charge is 0.132 e. The van der Waals surface area contributed by atoms with Gasteiger partial charge in [0.1, 0.15) is 5.75 Å². The summed E-state index contributed by atoms with van der Waals surface area (Å²) in [6.45, 7) is 6.63. The Kier molecular flexibility index (Phi) is 7.41. The van der Waals surface area contributed by atoms with E-state index in [1.165, 1.54) is 5.56 Å². The fourth-order valence-corrected chi connectivity index (χ4v) is 2.88. The van der Waals surface area contributed by atoms with Crippen LogP contribution in [0.15, 0.2) is 23.1 Å². The van der Waals surface area contributed by atoms with Crippen LogP contribution in [0, 0.1) is 5.92 Å². The van der Waals surface area contributed by atoms with E-state index in [0.717, 1.165) is 17.1 Å². The van der Waals surface area contributed by atoms with Gasteiger partial charge < -0.3 is 15.2 Å². The molecule has 0 amide bonds. The quantitative estimate of drug-likeness (QED) is 0.721. The van der Waals surface area contributed by atoms with E-state index in [9.17, 15) is 5.11 Å². The van der Waals surface area contributed by atoms with Crippen molar-refractivity contribution in [2.24, 2.45) is 5.92 Å². The molecule has 2 atom stereocenters. The third-order valence-electron chi connectivity index (χ3n) is 3.37. The van der Waals surface area contributed by atoms with E-state index >= 15 is 0 Å². The summed E-state index contributed by atoms with van der Waals surface area (Å²) in [6.07, 6.45) is 3.02. The lowest BCUT2D eigenvalue weighted by Gasteiger charge is -2.24. The topological polar surface area (TPSA) is 41.5 Å². The molecule has 0 bridgehead atoms. The Morgan fingerprint density at radius 3 is 2.50 bits per heavy atom. The summed E-state index contributed by atoms with van der Waals surface area (Å²) in [5.41, 5.74) is 1.18. The van der Waals surface area contributed by atoms with Crippen molar-refractivity contribution in [3.05, 3.63) is 23.8 Å². The highest BCUT2D eigenvalue weighted by Gasteiger charge is 2.15. The molecule has 0 saturated heterocycles. The van der Waals surface area contributed by atoms with Gasteiger partial charge in [-0.2, -0.15) is 0 Å². The first-order valence-corrected chi connectivity index (χ1v) is 8.33. The Hall–Kier alpha value is -0.710. The maximum absolute atomic E-state index is 9.46. The Balaban J connectivity index is 2.78. The van der Waals surface area contributed by atoms with Gasteiger partial charge in [-0.1, -0.05) is 19.9 Å². The molecule has 0 aliphatic heterocycles. The van der Waals surface area contributed by atoms with Gasteiger partial charge in [0.25, 0.3) is 0 Å². The molecule has 0 fully saturated rings. The summed E-state index contributed by atoms with van der Waals surface area (Å²) in [4.78, 5) is 1.14. The molecule has 1 rings (SSSR count). The number of hydrogen-bond donors (Lipinski definition) is 2.